The van der Waals surface area contributed by atoms with Crippen LogP contribution in [0.2, 0.25) is 0 Å². The number of hydrogen-bond acceptors (Lipinski definition) is 3. The summed E-state index contributed by atoms with van der Waals surface area (Å²) in [6, 6.07) is 12.1. The standard InChI is InChI=1S/C14H13BrN2S/c1-10-4-5-11(7-13(10)15)14(8-16)17-9-12-3-2-6-18-12/h2-7,14,17H,9H2,1H3. The van der Waals surface area contributed by atoms with E-state index in [9.17, 15) is 5.26 Å². The summed E-state index contributed by atoms with van der Waals surface area (Å²) in [6.07, 6.45) is 0. The zero-order valence-electron chi connectivity index (χ0n) is 9.98. The van der Waals surface area contributed by atoms with Crippen LogP contribution in [-0.2, 0) is 6.54 Å². The summed E-state index contributed by atoms with van der Waals surface area (Å²) < 4.78 is 1.04. The minimum absolute atomic E-state index is 0.274. The highest BCUT2D eigenvalue weighted by Gasteiger charge is 2.11. The molecule has 0 aliphatic rings. The lowest BCUT2D eigenvalue weighted by Crippen LogP contribution is -2.18. The third-order valence-electron chi connectivity index (χ3n) is 2.72. The number of nitriles is 1. The molecule has 2 nitrogen and oxygen atoms in total. The molecule has 0 aliphatic heterocycles. The summed E-state index contributed by atoms with van der Waals surface area (Å²) in [4.78, 5) is 1.24. The monoisotopic (exact) mass is 320 g/mol. The van der Waals surface area contributed by atoms with E-state index in [-0.39, 0.29) is 6.04 Å². The molecule has 0 fully saturated rings. The van der Waals surface area contributed by atoms with Crippen molar-refractivity contribution in [2.24, 2.45) is 0 Å². The highest BCUT2D eigenvalue weighted by Crippen LogP contribution is 2.22. The first kappa shape index (κ1) is 13.3. The minimum atomic E-state index is -0.274. The predicted molar refractivity (Wildman–Crippen MR) is 78.4 cm³/mol. The van der Waals surface area contributed by atoms with Crippen molar-refractivity contribution in [2.75, 3.05) is 0 Å². The van der Waals surface area contributed by atoms with E-state index >= 15 is 0 Å². The second-order valence-corrected chi connectivity index (χ2v) is 5.92. The van der Waals surface area contributed by atoms with Crippen LogP contribution in [0.1, 0.15) is 22.0 Å². The van der Waals surface area contributed by atoms with Crippen LogP contribution in [0.5, 0.6) is 0 Å². The van der Waals surface area contributed by atoms with Crippen molar-refractivity contribution < 1.29 is 0 Å². The van der Waals surface area contributed by atoms with E-state index in [0.29, 0.717) is 0 Å². The Morgan fingerprint density at radius 2 is 2.28 bits per heavy atom. The van der Waals surface area contributed by atoms with Gasteiger partial charge < -0.3 is 0 Å². The minimum Gasteiger partial charge on any atom is -0.293 e. The Bertz CT molecular complexity index is 558. The summed E-state index contributed by atoms with van der Waals surface area (Å²) in [5.74, 6) is 0. The maximum Gasteiger partial charge on any atom is 0.121 e. The first-order chi connectivity index (χ1) is 8.70. The van der Waals surface area contributed by atoms with Gasteiger partial charge >= 0.3 is 0 Å². The van der Waals surface area contributed by atoms with Crippen LogP contribution in [0.15, 0.2) is 40.2 Å². The number of benzene rings is 1. The second kappa shape index (κ2) is 6.14. The molecule has 1 aromatic carbocycles. The van der Waals surface area contributed by atoms with Gasteiger partial charge in [0.15, 0.2) is 0 Å². The molecular weight excluding hydrogens is 308 g/mol. The van der Waals surface area contributed by atoms with Gasteiger partial charge in [0.05, 0.1) is 6.07 Å². The lowest BCUT2D eigenvalue weighted by Gasteiger charge is -2.12. The second-order valence-electron chi connectivity index (χ2n) is 4.03. The van der Waals surface area contributed by atoms with Crippen molar-refractivity contribution in [1.82, 2.24) is 5.32 Å². The molecule has 18 heavy (non-hydrogen) atoms. The van der Waals surface area contributed by atoms with Gasteiger partial charge in [-0.3, -0.25) is 5.32 Å². The third-order valence-corrected chi connectivity index (χ3v) is 4.45. The number of aryl methyl sites for hydroxylation is 1. The topological polar surface area (TPSA) is 35.8 Å². The number of thiophene rings is 1. The van der Waals surface area contributed by atoms with Gasteiger partial charge in [-0.1, -0.05) is 34.1 Å². The fourth-order valence-corrected chi connectivity index (χ4v) is 2.69. The van der Waals surface area contributed by atoms with E-state index in [1.165, 1.54) is 10.4 Å². The van der Waals surface area contributed by atoms with Crippen molar-refractivity contribution >= 4 is 27.3 Å². The molecule has 2 aromatic rings. The molecule has 0 saturated heterocycles. The smallest absolute Gasteiger partial charge is 0.121 e. The molecule has 0 bridgehead atoms. The van der Waals surface area contributed by atoms with E-state index < -0.39 is 0 Å². The predicted octanol–water partition coefficient (Wildman–Crippen LogP) is 4.17. The molecule has 0 spiro atoms. The van der Waals surface area contributed by atoms with Crippen LogP contribution in [0, 0.1) is 18.3 Å². The SMILES string of the molecule is Cc1ccc(C(C#N)NCc2cccs2)cc1Br. The number of nitrogens with zero attached hydrogens (tertiary/aromatic N) is 1. The molecule has 1 N–H and O–H groups in total. The molecule has 0 radical (unpaired) electrons. The molecule has 2 rings (SSSR count). The number of nitrogens with one attached hydrogen (secondary N) is 1. The molecule has 0 aliphatic carbocycles. The largest absolute Gasteiger partial charge is 0.293 e. The molecule has 1 atom stereocenters. The lowest BCUT2D eigenvalue weighted by molar-refractivity contribution is 0.635. The summed E-state index contributed by atoms with van der Waals surface area (Å²) in [5.41, 5.74) is 2.17. The average molecular weight is 321 g/mol. The molecule has 1 heterocycles. The van der Waals surface area contributed by atoms with Crippen LogP contribution in [0.3, 0.4) is 0 Å². The van der Waals surface area contributed by atoms with E-state index in [2.05, 4.69) is 33.4 Å². The van der Waals surface area contributed by atoms with E-state index in [4.69, 9.17) is 0 Å². The summed E-state index contributed by atoms with van der Waals surface area (Å²) in [7, 11) is 0. The first-order valence-corrected chi connectivity index (χ1v) is 7.29. The number of halogens is 1. The maximum absolute atomic E-state index is 9.24. The molecule has 0 amide bonds. The number of hydrogen-bond donors (Lipinski definition) is 1. The van der Waals surface area contributed by atoms with Gasteiger partial charge in [0.1, 0.15) is 6.04 Å². The van der Waals surface area contributed by atoms with Crippen molar-refractivity contribution in [3.8, 4) is 6.07 Å². The molecule has 1 aromatic heterocycles. The summed E-state index contributed by atoms with van der Waals surface area (Å²) in [5, 5.41) is 14.5. The van der Waals surface area contributed by atoms with Crippen molar-refractivity contribution in [2.45, 2.75) is 19.5 Å². The zero-order chi connectivity index (χ0) is 13.0. The maximum atomic E-state index is 9.24. The normalized spacial score (nSPS) is 12.1. The van der Waals surface area contributed by atoms with Crippen LogP contribution in [-0.4, -0.2) is 0 Å². The Morgan fingerprint density at radius 1 is 1.44 bits per heavy atom. The van der Waals surface area contributed by atoms with E-state index in [1.54, 1.807) is 11.3 Å². The Labute approximate surface area is 119 Å². The zero-order valence-corrected chi connectivity index (χ0v) is 12.4. The van der Waals surface area contributed by atoms with E-state index in [0.717, 1.165) is 16.6 Å². The fraction of sp³-hybridized carbons (Fsp3) is 0.214. The Kier molecular flexibility index (Phi) is 4.54. The fourth-order valence-electron chi connectivity index (χ4n) is 1.64. The number of rotatable bonds is 4. The highest BCUT2D eigenvalue weighted by molar-refractivity contribution is 9.10. The van der Waals surface area contributed by atoms with Gasteiger partial charge in [-0.05, 0) is 35.6 Å². The van der Waals surface area contributed by atoms with Crippen LogP contribution >= 0.6 is 27.3 Å². The van der Waals surface area contributed by atoms with E-state index in [1.807, 2.05) is 36.6 Å². The van der Waals surface area contributed by atoms with Gasteiger partial charge in [0.25, 0.3) is 0 Å². The average Bonchev–Trinajstić information content (AvgIpc) is 2.87. The van der Waals surface area contributed by atoms with Gasteiger partial charge in [-0.15, -0.1) is 11.3 Å². The Balaban J connectivity index is 2.08. The Morgan fingerprint density at radius 3 is 2.89 bits per heavy atom. The van der Waals surface area contributed by atoms with Gasteiger partial charge in [-0.25, -0.2) is 0 Å². The summed E-state index contributed by atoms with van der Waals surface area (Å²) in [6.45, 7) is 2.76. The first-order valence-electron chi connectivity index (χ1n) is 5.62. The molecule has 4 heteroatoms. The van der Waals surface area contributed by atoms with Gasteiger partial charge in [0, 0.05) is 15.9 Å². The van der Waals surface area contributed by atoms with Crippen LogP contribution in [0.25, 0.3) is 0 Å². The quantitative estimate of drug-likeness (QED) is 0.917. The van der Waals surface area contributed by atoms with Crippen LogP contribution < -0.4 is 5.32 Å². The van der Waals surface area contributed by atoms with Gasteiger partial charge in [0.2, 0.25) is 0 Å². The van der Waals surface area contributed by atoms with Crippen molar-refractivity contribution in [3.63, 3.8) is 0 Å². The highest BCUT2D eigenvalue weighted by atomic mass is 79.9. The molecule has 92 valence electrons. The van der Waals surface area contributed by atoms with Gasteiger partial charge in [-0.2, -0.15) is 5.26 Å². The van der Waals surface area contributed by atoms with Crippen molar-refractivity contribution in [3.05, 3.63) is 56.2 Å². The Hall–Kier alpha value is -1.15. The van der Waals surface area contributed by atoms with Crippen LogP contribution in [0.4, 0.5) is 0 Å². The third kappa shape index (κ3) is 3.20. The summed E-state index contributed by atoms with van der Waals surface area (Å²) >= 11 is 5.19. The lowest BCUT2D eigenvalue weighted by atomic mass is 10.1. The molecular formula is C14H13BrN2S. The van der Waals surface area contributed by atoms with Crippen molar-refractivity contribution in [1.29, 1.82) is 5.26 Å². The molecule has 0 saturated carbocycles. The molecule has 1 unspecified atom stereocenters.